The Kier molecular flexibility index (Phi) is 4.68. The summed E-state index contributed by atoms with van der Waals surface area (Å²) in [5.74, 6) is 0. The van der Waals surface area contributed by atoms with Crippen molar-refractivity contribution in [1.82, 2.24) is 5.32 Å². The molecular weight excluding hydrogens is 248 g/mol. The van der Waals surface area contributed by atoms with E-state index in [-0.39, 0.29) is 6.42 Å². The van der Waals surface area contributed by atoms with E-state index < -0.39 is 26.3 Å². The Morgan fingerprint density at radius 2 is 1.53 bits per heavy atom. The van der Waals surface area contributed by atoms with Gasteiger partial charge < -0.3 is 30.0 Å². The Hall–Kier alpha value is 0.220. The molecule has 15 heavy (non-hydrogen) atoms. The first-order chi connectivity index (χ1) is 6.52. The van der Waals surface area contributed by atoms with E-state index in [1.807, 2.05) is 0 Å². The molecule has 6 N–H and O–H groups in total. The van der Waals surface area contributed by atoms with E-state index in [0.29, 0.717) is 0 Å². The van der Waals surface area contributed by atoms with Crippen molar-refractivity contribution in [3.8, 4) is 0 Å². The summed E-state index contributed by atoms with van der Waals surface area (Å²) in [7, 11) is -9.50. The minimum Gasteiger partial charge on any atom is -0.366 e. The van der Waals surface area contributed by atoms with E-state index in [9.17, 15) is 14.2 Å². The van der Waals surface area contributed by atoms with Gasteiger partial charge in [0, 0.05) is 0 Å². The molecule has 0 fully saturated rings. The maximum Gasteiger partial charge on any atom is 0.371 e. The van der Waals surface area contributed by atoms with E-state index in [2.05, 4.69) is 5.32 Å². The van der Waals surface area contributed by atoms with Crippen molar-refractivity contribution in [3.63, 3.8) is 0 Å². The van der Waals surface area contributed by atoms with Crippen LogP contribution in [0.5, 0.6) is 0 Å². The fraction of sp³-hybridized carbons (Fsp3) is 1.00. The highest BCUT2D eigenvalue weighted by molar-refractivity contribution is 7.72. The predicted molar refractivity (Wildman–Crippen MR) is 52.2 cm³/mol. The zero-order valence-electron chi connectivity index (χ0n) is 8.23. The number of rotatable bonds is 5. The third-order valence-corrected chi connectivity index (χ3v) is 5.98. The molecule has 1 unspecified atom stereocenters. The van der Waals surface area contributed by atoms with Crippen molar-refractivity contribution in [2.75, 3.05) is 7.05 Å². The van der Waals surface area contributed by atoms with Crippen LogP contribution in [0.2, 0.25) is 0 Å². The van der Waals surface area contributed by atoms with Gasteiger partial charge in [-0.05, 0) is 13.5 Å². The number of hydrogen-bond acceptors (Lipinski definition) is 4. The van der Waals surface area contributed by atoms with E-state index in [1.54, 1.807) is 0 Å². The second-order valence-electron chi connectivity index (χ2n) is 3.02. The molecule has 0 aromatic heterocycles. The summed E-state index contributed by atoms with van der Waals surface area (Å²) in [6.07, 6.45) is -0.0524. The first-order valence-electron chi connectivity index (χ1n) is 4.03. The van der Waals surface area contributed by atoms with Crippen LogP contribution < -0.4 is 5.32 Å². The maximum absolute atomic E-state index is 11.0. The Balaban J connectivity index is 5.62. The molecule has 0 spiro atoms. The van der Waals surface area contributed by atoms with Gasteiger partial charge in [-0.1, -0.05) is 6.92 Å². The van der Waals surface area contributed by atoms with Gasteiger partial charge in [-0.2, -0.15) is 0 Å². The monoisotopic (exact) mass is 263 g/mol. The van der Waals surface area contributed by atoms with Crippen LogP contribution in [-0.4, -0.2) is 42.9 Å². The third-order valence-electron chi connectivity index (χ3n) is 2.08. The highest BCUT2D eigenvalue weighted by atomic mass is 31.2. The van der Waals surface area contributed by atoms with Crippen LogP contribution in [0.3, 0.4) is 0 Å². The summed E-state index contributed by atoms with van der Waals surface area (Å²) in [6, 6.07) is -1.40. The molecule has 0 aromatic carbocycles. The Morgan fingerprint density at radius 3 is 1.60 bits per heavy atom. The third kappa shape index (κ3) is 2.67. The van der Waals surface area contributed by atoms with E-state index in [1.165, 1.54) is 14.0 Å². The molecule has 10 heteroatoms. The Labute approximate surface area is 86.6 Å². The SMILES string of the molecule is CCC(NC)C(O)(P(=O)(O)O)P(=O)(O)O. The van der Waals surface area contributed by atoms with Crippen LogP contribution in [-0.2, 0) is 9.13 Å². The van der Waals surface area contributed by atoms with Gasteiger partial charge in [0.1, 0.15) is 0 Å². The highest BCUT2D eigenvalue weighted by Gasteiger charge is 2.63. The Bertz CT molecular complexity index is 281. The number of likely N-dealkylation sites (N-methyl/N-ethyl adjacent to an activating group) is 1. The summed E-state index contributed by atoms with van der Waals surface area (Å²) >= 11 is 0. The molecule has 0 saturated heterocycles. The quantitative estimate of drug-likeness (QED) is 0.345. The maximum atomic E-state index is 11.0. The minimum atomic E-state index is -5.37. The van der Waals surface area contributed by atoms with Gasteiger partial charge >= 0.3 is 15.2 Å². The van der Waals surface area contributed by atoms with Crippen LogP contribution in [0.15, 0.2) is 0 Å². The van der Waals surface area contributed by atoms with Gasteiger partial charge in [0.05, 0.1) is 6.04 Å². The summed E-state index contributed by atoms with van der Waals surface area (Å²) in [5, 5.41) is 8.44. The molecule has 0 saturated carbocycles. The zero-order valence-corrected chi connectivity index (χ0v) is 10.0. The lowest BCUT2D eigenvalue weighted by molar-refractivity contribution is 0.0958. The standard InChI is InChI=1S/C5H15NO7P2/c1-3-4(6-2)5(7,14(8,9)10)15(11,12)13/h4,6-7H,3H2,1-2H3,(H2,8,9,10)(H2,11,12,13). The molecule has 1 atom stereocenters. The van der Waals surface area contributed by atoms with Crippen LogP contribution in [0.25, 0.3) is 0 Å². The molecule has 0 bridgehead atoms. The van der Waals surface area contributed by atoms with E-state index in [4.69, 9.17) is 19.6 Å². The van der Waals surface area contributed by atoms with Gasteiger partial charge in [0.15, 0.2) is 0 Å². The van der Waals surface area contributed by atoms with Crippen LogP contribution >= 0.6 is 15.2 Å². The van der Waals surface area contributed by atoms with Gasteiger partial charge in [0.2, 0.25) is 0 Å². The molecule has 0 aliphatic rings. The van der Waals surface area contributed by atoms with Crippen LogP contribution in [0, 0.1) is 0 Å². The summed E-state index contributed by atoms with van der Waals surface area (Å²) in [6.45, 7) is 1.43. The molecular formula is C5H15NO7P2. The van der Waals surface area contributed by atoms with E-state index in [0.717, 1.165) is 0 Å². The van der Waals surface area contributed by atoms with Crippen molar-refractivity contribution in [2.45, 2.75) is 24.5 Å². The summed E-state index contributed by atoms with van der Waals surface area (Å²) in [4.78, 5) is 35.3. The van der Waals surface area contributed by atoms with E-state index >= 15 is 0 Å². The molecule has 0 amide bonds. The summed E-state index contributed by atoms with van der Waals surface area (Å²) in [5.41, 5.74) is 0. The normalized spacial score (nSPS) is 16.5. The van der Waals surface area contributed by atoms with Crippen molar-refractivity contribution in [3.05, 3.63) is 0 Å². The molecule has 8 nitrogen and oxygen atoms in total. The zero-order chi connectivity index (χ0) is 12.5. The Morgan fingerprint density at radius 1 is 1.20 bits per heavy atom. The molecule has 92 valence electrons. The number of aliphatic hydroxyl groups is 1. The lowest BCUT2D eigenvalue weighted by atomic mass is 10.2. The smallest absolute Gasteiger partial charge is 0.366 e. The van der Waals surface area contributed by atoms with Gasteiger partial charge in [-0.25, -0.2) is 0 Å². The number of nitrogens with one attached hydrogen (secondary N) is 1. The second kappa shape index (κ2) is 4.61. The van der Waals surface area contributed by atoms with Gasteiger partial charge in [0.25, 0.3) is 5.08 Å². The molecule has 0 aliphatic heterocycles. The predicted octanol–water partition coefficient (Wildman–Crippen LogP) is -1.01. The minimum absolute atomic E-state index is 0.0524. The van der Waals surface area contributed by atoms with Crippen LogP contribution in [0.4, 0.5) is 0 Å². The van der Waals surface area contributed by atoms with Crippen molar-refractivity contribution in [1.29, 1.82) is 0 Å². The molecule has 0 aromatic rings. The topological polar surface area (TPSA) is 147 Å². The molecule has 0 radical (unpaired) electrons. The summed E-state index contributed by atoms with van der Waals surface area (Å²) < 4.78 is 21.9. The van der Waals surface area contributed by atoms with Crippen LogP contribution in [0.1, 0.15) is 13.3 Å². The van der Waals surface area contributed by atoms with Gasteiger partial charge in [-0.15, -0.1) is 0 Å². The van der Waals surface area contributed by atoms with Crippen molar-refractivity contribution < 1.29 is 33.8 Å². The molecule has 0 aliphatic carbocycles. The second-order valence-corrected chi connectivity index (χ2v) is 6.92. The van der Waals surface area contributed by atoms with Crippen molar-refractivity contribution >= 4 is 15.2 Å². The molecule has 0 heterocycles. The average molecular weight is 263 g/mol. The van der Waals surface area contributed by atoms with Gasteiger partial charge in [-0.3, -0.25) is 9.13 Å². The number of hydrogen-bond donors (Lipinski definition) is 6. The lowest BCUT2D eigenvalue weighted by Gasteiger charge is -2.35. The largest absolute Gasteiger partial charge is 0.371 e. The first kappa shape index (κ1) is 15.2. The fourth-order valence-electron chi connectivity index (χ4n) is 1.25. The first-order valence-corrected chi connectivity index (χ1v) is 7.25. The lowest BCUT2D eigenvalue weighted by Crippen LogP contribution is -2.48. The average Bonchev–Trinajstić information content (AvgIpc) is 2.02. The molecule has 0 rings (SSSR count). The van der Waals surface area contributed by atoms with Crippen molar-refractivity contribution in [2.24, 2.45) is 0 Å². The fourth-order valence-corrected chi connectivity index (χ4v) is 4.04. The highest BCUT2D eigenvalue weighted by Crippen LogP contribution is 2.69.